The van der Waals surface area contributed by atoms with Crippen molar-refractivity contribution in [2.45, 2.75) is 43.8 Å². The Morgan fingerprint density at radius 1 is 0.917 bits per heavy atom. The van der Waals surface area contributed by atoms with Crippen LogP contribution in [-0.2, 0) is 22.4 Å². The van der Waals surface area contributed by atoms with Crippen molar-refractivity contribution >= 4 is 17.9 Å². The van der Waals surface area contributed by atoms with E-state index in [1.165, 1.54) is 4.90 Å². The van der Waals surface area contributed by atoms with Crippen LogP contribution in [-0.4, -0.2) is 51.5 Å². The summed E-state index contributed by atoms with van der Waals surface area (Å²) in [5.74, 6) is -0.640. The molecule has 0 bridgehead atoms. The van der Waals surface area contributed by atoms with E-state index in [0.29, 0.717) is 25.8 Å². The number of pyridine rings is 1. The van der Waals surface area contributed by atoms with Crippen LogP contribution in [0.5, 0.6) is 0 Å². The highest BCUT2D eigenvalue weighted by molar-refractivity contribution is 5.92. The lowest BCUT2D eigenvalue weighted by Crippen LogP contribution is -2.54. The van der Waals surface area contributed by atoms with Gasteiger partial charge in [0.05, 0.1) is 6.04 Å². The van der Waals surface area contributed by atoms with Crippen LogP contribution in [0.15, 0.2) is 85.1 Å². The van der Waals surface area contributed by atoms with Crippen molar-refractivity contribution in [1.29, 1.82) is 0 Å². The summed E-state index contributed by atoms with van der Waals surface area (Å²) in [5, 5.41) is 14.8. The van der Waals surface area contributed by atoms with Crippen LogP contribution in [0.1, 0.15) is 35.7 Å². The highest BCUT2D eigenvalue weighted by Gasteiger charge is 2.38. The van der Waals surface area contributed by atoms with Crippen molar-refractivity contribution in [2.24, 2.45) is 0 Å². The number of benzene rings is 2. The van der Waals surface area contributed by atoms with Crippen molar-refractivity contribution in [3.8, 4) is 0 Å². The molecular formula is C28H30N4O4. The van der Waals surface area contributed by atoms with Gasteiger partial charge in [-0.15, -0.1) is 0 Å². The Kier molecular flexibility index (Phi) is 8.28. The molecule has 8 nitrogen and oxygen atoms in total. The molecule has 1 aliphatic rings. The lowest BCUT2D eigenvalue weighted by Gasteiger charge is -2.30. The number of hydrogen-bond donors (Lipinski definition) is 3. The number of likely N-dealkylation sites (tertiary alicyclic amines) is 1. The largest absolute Gasteiger partial charge is 0.465 e. The van der Waals surface area contributed by atoms with Crippen molar-refractivity contribution < 1.29 is 19.5 Å². The Morgan fingerprint density at radius 2 is 1.61 bits per heavy atom. The summed E-state index contributed by atoms with van der Waals surface area (Å²) in [5.41, 5.74) is 2.63. The molecule has 3 amide bonds. The van der Waals surface area contributed by atoms with Gasteiger partial charge in [-0.1, -0.05) is 66.7 Å². The summed E-state index contributed by atoms with van der Waals surface area (Å²) in [7, 11) is 0. The van der Waals surface area contributed by atoms with Gasteiger partial charge in [0, 0.05) is 31.3 Å². The van der Waals surface area contributed by atoms with Crippen LogP contribution >= 0.6 is 0 Å². The molecule has 1 fully saturated rings. The summed E-state index contributed by atoms with van der Waals surface area (Å²) in [4.78, 5) is 44.3. The third-order valence-electron chi connectivity index (χ3n) is 6.37. The maximum Gasteiger partial charge on any atom is 0.405 e. The molecule has 3 atom stereocenters. The second kappa shape index (κ2) is 12.0. The molecule has 1 aliphatic heterocycles. The molecule has 36 heavy (non-hydrogen) atoms. The van der Waals surface area contributed by atoms with Gasteiger partial charge >= 0.3 is 6.09 Å². The van der Waals surface area contributed by atoms with Gasteiger partial charge in [-0.05, 0) is 36.1 Å². The molecule has 2 aromatic carbocycles. The summed E-state index contributed by atoms with van der Waals surface area (Å²) in [6, 6.07) is 22.6. The lowest BCUT2D eigenvalue weighted by atomic mass is 10.0. The fourth-order valence-corrected chi connectivity index (χ4v) is 4.64. The van der Waals surface area contributed by atoms with Crippen LogP contribution in [0.2, 0.25) is 0 Å². The molecular weight excluding hydrogens is 456 g/mol. The maximum absolute atomic E-state index is 13.5. The van der Waals surface area contributed by atoms with E-state index in [4.69, 9.17) is 0 Å². The number of nitrogens with zero attached hydrogens (tertiary/aromatic N) is 2. The van der Waals surface area contributed by atoms with E-state index >= 15 is 0 Å². The Bertz CT molecular complexity index is 1160. The molecule has 1 saturated heterocycles. The molecule has 3 aromatic rings. The Balaban J connectivity index is 1.50. The van der Waals surface area contributed by atoms with E-state index in [1.54, 1.807) is 6.20 Å². The second-order valence-electron chi connectivity index (χ2n) is 8.88. The number of nitrogens with one attached hydrogen (secondary N) is 2. The summed E-state index contributed by atoms with van der Waals surface area (Å²) in [6.45, 7) is 0.403. The van der Waals surface area contributed by atoms with Gasteiger partial charge in [-0.3, -0.25) is 14.6 Å². The molecule has 3 N–H and O–H groups in total. The van der Waals surface area contributed by atoms with Crippen molar-refractivity contribution in [2.75, 3.05) is 6.54 Å². The third-order valence-corrected chi connectivity index (χ3v) is 6.37. The van der Waals surface area contributed by atoms with Crippen molar-refractivity contribution in [3.63, 3.8) is 0 Å². The molecule has 2 heterocycles. The number of carbonyl (C=O) groups excluding carboxylic acids is 2. The predicted octanol–water partition coefficient (Wildman–Crippen LogP) is 3.35. The molecule has 0 saturated carbocycles. The SMILES string of the molecule is O=C(O)NC(Cc1ccccc1)C(=O)N1CCC[C@H]1C(=O)N[C@@H](Cc1ccccn1)c1ccccc1. The predicted molar refractivity (Wildman–Crippen MR) is 135 cm³/mol. The quantitative estimate of drug-likeness (QED) is 0.430. The number of hydrogen-bond acceptors (Lipinski definition) is 4. The van der Waals surface area contributed by atoms with E-state index in [9.17, 15) is 19.5 Å². The van der Waals surface area contributed by atoms with Crippen LogP contribution in [0.25, 0.3) is 0 Å². The molecule has 186 valence electrons. The Morgan fingerprint density at radius 3 is 2.28 bits per heavy atom. The van der Waals surface area contributed by atoms with Gasteiger partial charge in [-0.2, -0.15) is 0 Å². The highest BCUT2D eigenvalue weighted by atomic mass is 16.4. The fourth-order valence-electron chi connectivity index (χ4n) is 4.64. The molecule has 0 aliphatic carbocycles. The monoisotopic (exact) mass is 486 g/mol. The van der Waals surface area contributed by atoms with E-state index in [-0.39, 0.29) is 24.3 Å². The minimum atomic E-state index is -1.27. The zero-order valence-electron chi connectivity index (χ0n) is 19.9. The second-order valence-corrected chi connectivity index (χ2v) is 8.88. The van der Waals surface area contributed by atoms with Gasteiger partial charge in [-0.25, -0.2) is 4.79 Å². The Labute approximate surface area is 210 Å². The summed E-state index contributed by atoms with van der Waals surface area (Å²) >= 11 is 0. The zero-order valence-corrected chi connectivity index (χ0v) is 19.9. The number of aromatic nitrogens is 1. The summed E-state index contributed by atoms with van der Waals surface area (Å²) < 4.78 is 0. The topological polar surface area (TPSA) is 112 Å². The van der Waals surface area contributed by atoms with Gasteiger partial charge in [0.1, 0.15) is 12.1 Å². The van der Waals surface area contributed by atoms with Crippen LogP contribution in [0.3, 0.4) is 0 Å². The fraction of sp³-hybridized carbons (Fsp3) is 0.286. The first-order valence-electron chi connectivity index (χ1n) is 12.1. The van der Waals surface area contributed by atoms with Crippen molar-refractivity contribution in [3.05, 3.63) is 102 Å². The minimum Gasteiger partial charge on any atom is -0.465 e. The number of carbonyl (C=O) groups is 3. The number of rotatable bonds is 9. The molecule has 1 unspecified atom stereocenters. The molecule has 0 radical (unpaired) electrons. The average molecular weight is 487 g/mol. The first-order valence-corrected chi connectivity index (χ1v) is 12.1. The number of carboxylic acid groups (broad SMARTS) is 1. The first-order chi connectivity index (χ1) is 17.5. The highest BCUT2D eigenvalue weighted by Crippen LogP contribution is 2.23. The molecule has 8 heteroatoms. The van der Waals surface area contributed by atoms with Crippen LogP contribution in [0, 0.1) is 0 Å². The smallest absolute Gasteiger partial charge is 0.405 e. The molecule has 1 aromatic heterocycles. The van der Waals surface area contributed by atoms with E-state index in [1.807, 2.05) is 78.9 Å². The third kappa shape index (κ3) is 6.47. The first kappa shape index (κ1) is 24.9. The van der Waals surface area contributed by atoms with E-state index < -0.39 is 18.2 Å². The van der Waals surface area contributed by atoms with E-state index in [2.05, 4.69) is 15.6 Å². The minimum absolute atomic E-state index is 0.211. The normalized spacial score (nSPS) is 16.7. The van der Waals surface area contributed by atoms with Crippen molar-refractivity contribution in [1.82, 2.24) is 20.5 Å². The number of amides is 3. The maximum atomic E-state index is 13.5. The van der Waals surface area contributed by atoms with Crippen LogP contribution < -0.4 is 10.6 Å². The van der Waals surface area contributed by atoms with Crippen LogP contribution in [0.4, 0.5) is 4.79 Å². The lowest BCUT2D eigenvalue weighted by molar-refractivity contribution is -0.140. The summed E-state index contributed by atoms with van der Waals surface area (Å²) in [6.07, 6.45) is 2.36. The van der Waals surface area contributed by atoms with E-state index in [0.717, 1.165) is 16.8 Å². The standard InChI is InChI=1S/C28H30N4O4/c33-26(30-23(21-12-5-2-6-13-21)19-22-14-7-8-16-29-22)25-15-9-17-32(25)27(34)24(31-28(35)36)18-20-10-3-1-4-11-20/h1-8,10-14,16,23-25,31H,9,15,17-19H2,(H,30,33)(H,35,36)/t23-,24?,25-/m0/s1. The molecule has 4 rings (SSSR count). The van der Waals surface area contributed by atoms with Gasteiger partial charge < -0.3 is 20.6 Å². The molecule has 0 spiro atoms. The zero-order chi connectivity index (χ0) is 25.3. The van der Waals surface area contributed by atoms with Gasteiger partial charge in [0.15, 0.2) is 0 Å². The average Bonchev–Trinajstić information content (AvgIpc) is 3.39. The van der Waals surface area contributed by atoms with Gasteiger partial charge in [0.2, 0.25) is 11.8 Å². The van der Waals surface area contributed by atoms with Gasteiger partial charge in [0.25, 0.3) is 0 Å². The Hall–Kier alpha value is -4.20.